The van der Waals surface area contributed by atoms with Crippen molar-refractivity contribution in [3.8, 4) is 0 Å². The molecule has 2 aromatic rings. The van der Waals surface area contributed by atoms with Crippen LogP contribution in [0.25, 0.3) is 0 Å². The molecule has 0 radical (unpaired) electrons. The van der Waals surface area contributed by atoms with E-state index in [0.29, 0.717) is 15.6 Å². The van der Waals surface area contributed by atoms with E-state index in [1.165, 1.54) is 0 Å². The summed E-state index contributed by atoms with van der Waals surface area (Å²) in [5.41, 5.74) is 1.22. The molecule has 0 spiro atoms. The Morgan fingerprint density at radius 1 is 1.32 bits per heavy atom. The molecule has 0 saturated heterocycles. The van der Waals surface area contributed by atoms with E-state index in [1.807, 2.05) is 30.8 Å². The summed E-state index contributed by atoms with van der Waals surface area (Å²) in [7, 11) is 0. The van der Waals surface area contributed by atoms with Gasteiger partial charge in [0.1, 0.15) is 0 Å². The van der Waals surface area contributed by atoms with Gasteiger partial charge in [-0.05, 0) is 38.1 Å². The number of aromatic nitrogens is 2. The Morgan fingerprint density at radius 3 is 2.63 bits per heavy atom. The molecule has 0 unspecified atom stereocenters. The Morgan fingerprint density at radius 2 is 2.05 bits per heavy atom. The summed E-state index contributed by atoms with van der Waals surface area (Å²) in [5.74, 6) is -0.0596. The number of hydrogen-bond acceptors (Lipinski definition) is 2. The van der Waals surface area contributed by atoms with Gasteiger partial charge in [0.2, 0.25) is 0 Å². The summed E-state index contributed by atoms with van der Waals surface area (Å²) in [6.07, 6.45) is 2.11. The number of halogens is 2. The van der Waals surface area contributed by atoms with Crippen LogP contribution in [0.3, 0.4) is 0 Å². The fourth-order valence-corrected chi connectivity index (χ4v) is 2.25. The number of rotatable bonds is 4. The number of benzene rings is 1. The molecule has 2 rings (SSSR count). The van der Waals surface area contributed by atoms with E-state index < -0.39 is 0 Å². The molecule has 0 fully saturated rings. The summed E-state index contributed by atoms with van der Waals surface area (Å²) < 4.78 is 1.83. The first-order chi connectivity index (χ1) is 8.97. The highest BCUT2D eigenvalue weighted by atomic mass is 35.5. The zero-order valence-electron chi connectivity index (χ0n) is 10.7. The number of carbonyl (C=O) groups excluding carboxylic acids is 1. The van der Waals surface area contributed by atoms with Gasteiger partial charge < -0.3 is 0 Å². The monoisotopic (exact) mass is 296 g/mol. The Hall–Kier alpha value is -1.32. The second kappa shape index (κ2) is 5.76. The Balaban J connectivity index is 2.16. The van der Waals surface area contributed by atoms with E-state index >= 15 is 0 Å². The van der Waals surface area contributed by atoms with Crippen molar-refractivity contribution in [2.24, 2.45) is 0 Å². The Labute approximate surface area is 122 Å². The molecular weight excluding hydrogens is 283 g/mol. The minimum absolute atomic E-state index is 0.0596. The highest BCUT2D eigenvalue weighted by Crippen LogP contribution is 2.22. The van der Waals surface area contributed by atoms with Gasteiger partial charge in [-0.15, -0.1) is 0 Å². The highest BCUT2D eigenvalue weighted by molar-refractivity contribution is 6.36. The molecule has 1 aromatic carbocycles. The van der Waals surface area contributed by atoms with Crippen LogP contribution < -0.4 is 0 Å². The lowest BCUT2D eigenvalue weighted by Gasteiger charge is -2.04. The third kappa shape index (κ3) is 3.37. The minimum Gasteiger partial charge on any atom is -0.294 e. The molecule has 0 N–H and O–H groups in total. The topological polar surface area (TPSA) is 34.9 Å². The quantitative estimate of drug-likeness (QED) is 0.793. The molecule has 1 aromatic heterocycles. The second-order valence-corrected chi connectivity index (χ2v) is 5.45. The van der Waals surface area contributed by atoms with Crippen LogP contribution in [0.15, 0.2) is 30.5 Å². The van der Waals surface area contributed by atoms with Crippen molar-refractivity contribution < 1.29 is 4.79 Å². The van der Waals surface area contributed by atoms with Gasteiger partial charge in [0.15, 0.2) is 5.78 Å². The third-order valence-corrected chi connectivity index (χ3v) is 3.31. The smallest absolute Gasteiger partial charge is 0.170 e. The van der Waals surface area contributed by atoms with Crippen LogP contribution in [0.5, 0.6) is 0 Å². The number of carbonyl (C=O) groups is 1. The summed E-state index contributed by atoms with van der Waals surface area (Å²) >= 11 is 11.8. The zero-order valence-corrected chi connectivity index (χ0v) is 12.2. The molecule has 5 heteroatoms. The molecule has 0 aliphatic rings. The Kier molecular flexibility index (Phi) is 4.27. The zero-order chi connectivity index (χ0) is 14.0. The van der Waals surface area contributed by atoms with E-state index in [1.54, 1.807) is 18.2 Å². The number of Topliss-reactive ketones (excluding diaryl/α,β-unsaturated/α-hetero) is 1. The van der Waals surface area contributed by atoms with Crippen LogP contribution in [-0.2, 0) is 6.42 Å². The molecule has 1 heterocycles. The lowest BCUT2D eigenvalue weighted by atomic mass is 10.1. The van der Waals surface area contributed by atoms with Gasteiger partial charge >= 0.3 is 0 Å². The summed E-state index contributed by atoms with van der Waals surface area (Å²) in [5, 5.41) is 5.24. The predicted molar refractivity (Wildman–Crippen MR) is 77.1 cm³/mol. The summed E-state index contributed by atoms with van der Waals surface area (Å²) in [4.78, 5) is 12.1. The molecule has 0 amide bonds. The third-order valence-electron chi connectivity index (χ3n) is 2.77. The first-order valence-electron chi connectivity index (χ1n) is 5.99. The van der Waals surface area contributed by atoms with Crippen LogP contribution in [0.2, 0.25) is 10.0 Å². The molecular formula is C14H14Cl2N2O. The fraction of sp³-hybridized carbons (Fsp3) is 0.286. The van der Waals surface area contributed by atoms with Crippen molar-refractivity contribution in [2.75, 3.05) is 0 Å². The van der Waals surface area contributed by atoms with Gasteiger partial charge in [0, 0.05) is 22.8 Å². The molecule has 19 heavy (non-hydrogen) atoms. The minimum atomic E-state index is -0.0596. The maximum atomic E-state index is 12.1. The van der Waals surface area contributed by atoms with E-state index in [-0.39, 0.29) is 18.2 Å². The molecule has 100 valence electrons. The maximum Gasteiger partial charge on any atom is 0.170 e. The van der Waals surface area contributed by atoms with E-state index in [0.717, 1.165) is 5.69 Å². The first-order valence-corrected chi connectivity index (χ1v) is 6.75. The van der Waals surface area contributed by atoms with Gasteiger partial charge in [-0.3, -0.25) is 9.48 Å². The molecule has 0 bridgehead atoms. The number of hydrogen-bond donors (Lipinski definition) is 0. The van der Waals surface area contributed by atoms with Crippen molar-refractivity contribution in [3.05, 3.63) is 51.8 Å². The number of nitrogens with zero attached hydrogens (tertiary/aromatic N) is 2. The van der Waals surface area contributed by atoms with Crippen molar-refractivity contribution in [1.82, 2.24) is 9.78 Å². The van der Waals surface area contributed by atoms with Crippen LogP contribution in [0, 0.1) is 0 Å². The lowest BCUT2D eigenvalue weighted by Crippen LogP contribution is -2.07. The predicted octanol–water partition coefficient (Wildman–Crippen LogP) is 4.20. The average Bonchev–Trinajstić information content (AvgIpc) is 2.77. The summed E-state index contributed by atoms with van der Waals surface area (Å²) in [6, 6.07) is 7.01. The van der Waals surface area contributed by atoms with Gasteiger partial charge in [0.05, 0.1) is 17.1 Å². The molecule has 0 atom stereocenters. The van der Waals surface area contributed by atoms with E-state index in [9.17, 15) is 4.79 Å². The van der Waals surface area contributed by atoms with E-state index in [4.69, 9.17) is 23.2 Å². The highest BCUT2D eigenvalue weighted by Gasteiger charge is 2.13. The van der Waals surface area contributed by atoms with Crippen LogP contribution in [0.4, 0.5) is 0 Å². The largest absolute Gasteiger partial charge is 0.294 e. The summed E-state index contributed by atoms with van der Waals surface area (Å²) in [6.45, 7) is 4.07. The van der Waals surface area contributed by atoms with Crippen molar-refractivity contribution >= 4 is 29.0 Å². The van der Waals surface area contributed by atoms with Gasteiger partial charge in [-0.25, -0.2) is 0 Å². The maximum absolute atomic E-state index is 12.1. The molecule has 0 aliphatic heterocycles. The van der Waals surface area contributed by atoms with Gasteiger partial charge in [0.25, 0.3) is 0 Å². The van der Waals surface area contributed by atoms with Crippen LogP contribution in [-0.4, -0.2) is 15.6 Å². The van der Waals surface area contributed by atoms with E-state index in [2.05, 4.69) is 5.10 Å². The van der Waals surface area contributed by atoms with Crippen LogP contribution >= 0.6 is 23.2 Å². The second-order valence-electron chi connectivity index (χ2n) is 4.60. The van der Waals surface area contributed by atoms with Crippen molar-refractivity contribution in [2.45, 2.75) is 26.3 Å². The lowest BCUT2D eigenvalue weighted by molar-refractivity contribution is 0.0992. The fourth-order valence-electron chi connectivity index (χ4n) is 1.73. The van der Waals surface area contributed by atoms with Crippen molar-refractivity contribution in [3.63, 3.8) is 0 Å². The average molecular weight is 297 g/mol. The standard InChI is InChI=1S/C14H14Cl2N2O/c1-9(2)18-6-5-11(17-18)8-14(19)12-4-3-10(15)7-13(12)16/h3-7,9H,8H2,1-2H3. The number of ketones is 1. The van der Waals surface area contributed by atoms with Crippen molar-refractivity contribution in [1.29, 1.82) is 0 Å². The SMILES string of the molecule is CC(C)n1ccc(CC(=O)c2ccc(Cl)cc2Cl)n1. The van der Waals surface area contributed by atoms with Gasteiger partial charge in [-0.2, -0.15) is 5.10 Å². The molecule has 3 nitrogen and oxygen atoms in total. The van der Waals surface area contributed by atoms with Gasteiger partial charge in [-0.1, -0.05) is 23.2 Å². The molecule has 0 aliphatic carbocycles. The Bertz CT molecular complexity index is 605. The normalized spacial score (nSPS) is 11.0. The van der Waals surface area contributed by atoms with Crippen LogP contribution in [0.1, 0.15) is 35.9 Å². The first kappa shape index (κ1) is 14.1. The molecule has 0 saturated carbocycles.